The zero-order valence-corrected chi connectivity index (χ0v) is 21.5. The van der Waals surface area contributed by atoms with Gasteiger partial charge in [0.05, 0.1) is 10.6 Å². The number of hydrogen-bond donors (Lipinski definition) is 0. The number of halogens is 1. The molecule has 2 aromatic carbocycles. The monoisotopic (exact) mass is 525 g/mol. The van der Waals surface area contributed by atoms with Gasteiger partial charge in [0.2, 0.25) is 10.0 Å². The number of nitrogens with zero attached hydrogens (tertiary/aromatic N) is 5. The lowest BCUT2D eigenvalue weighted by molar-refractivity contribution is 0.0746. The second-order valence-electron chi connectivity index (χ2n) is 9.05. The first kappa shape index (κ1) is 24.7. The van der Waals surface area contributed by atoms with Gasteiger partial charge in [-0.3, -0.25) is 4.79 Å². The fourth-order valence-electron chi connectivity index (χ4n) is 4.61. The van der Waals surface area contributed by atoms with Gasteiger partial charge in [-0.15, -0.1) is 10.2 Å². The van der Waals surface area contributed by atoms with Crippen molar-refractivity contribution in [3.8, 4) is 11.3 Å². The molecule has 0 spiro atoms. The highest BCUT2D eigenvalue weighted by Gasteiger charge is 2.27. The summed E-state index contributed by atoms with van der Waals surface area (Å²) in [5.41, 5.74) is 2.21. The fourth-order valence-corrected chi connectivity index (χ4v) is 6.26. The van der Waals surface area contributed by atoms with E-state index in [9.17, 15) is 13.2 Å². The van der Waals surface area contributed by atoms with Gasteiger partial charge in [0.15, 0.2) is 5.82 Å². The molecule has 8 nitrogen and oxygen atoms in total. The Labute approximate surface area is 216 Å². The molecule has 3 aromatic rings. The Morgan fingerprint density at radius 2 is 1.42 bits per heavy atom. The molecule has 3 heterocycles. The normalized spacial score (nSPS) is 17.2. The number of aromatic nitrogens is 2. The van der Waals surface area contributed by atoms with Crippen molar-refractivity contribution in [3.05, 3.63) is 71.2 Å². The van der Waals surface area contributed by atoms with Crippen LogP contribution in [0.5, 0.6) is 0 Å². The Morgan fingerprint density at radius 3 is 2.03 bits per heavy atom. The molecule has 0 unspecified atom stereocenters. The largest absolute Gasteiger partial charge is 0.352 e. The first-order valence-electron chi connectivity index (χ1n) is 12.2. The van der Waals surface area contributed by atoms with Crippen molar-refractivity contribution in [3.63, 3.8) is 0 Å². The van der Waals surface area contributed by atoms with E-state index in [1.807, 2.05) is 36.4 Å². The van der Waals surface area contributed by atoms with Gasteiger partial charge < -0.3 is 9.80 Å². The van der Waals surface area contributed by atoms with Crippen molar-refractivity contribution >= 4 is 33.3 Å². The molecule has 0 aliphatic carbocycles. The predicted molar refractivity (Wildman–Crippen MR) is 140 cm³/mol. The number of piperazine rings is 1. The van der Waals surface area contributed by atoms with Crippen molar-refractivity contribution in [1.29, 1.82) is 0 Å². The van der Waals surface area contributed by atoms with Crippen LogP contribution in [0.3, 0.4) is 0 Å². The van der Waals surface area contributed by atoms with Crippen LogP contribution in [-0.2, 0) is 10.0 Å². The fraction of sp³-hybridized carbons (Fsp3) is 0.346. The van der Waals surface area contributed by atoms with Crippen LogP contribution in [0, 0.1) is 0 Å². The van der Waals surface area contributed by atoms with Crippen LogP contribution in [-0.4, -0.2) is 73.0 Å². The Balaban J connectivity index is 1.19. The Bertz CT molecular complexity index is 1300. The third-order valence-corrected chi connectivity index (χ3v) is 8.90. The summed E-state index contributed by atoms with van der Waals surface area (Å²) in [4.78, 5) is 17.2. The summed E-state index contributed by atoms with van der Waals surface area (Å²) in [6.45, 7) is 3.49. The van der Waals surface area contributed by atoms with Gasteiger partial charge in [-0.2, -0.15) is 4.31 Å². The minimum atomic E-state index is -3.51. The summed E-state index contributed by atoms with van der Waals surface area (Å²) < 4.78 is 27.3. The van der Waals surface area contributed by atoms with Crippen LogP contribution in [0.1, 0.15) is 29.6 Å². The molecule has 2 fully saturated rings. The molecule has 36 heavy (non-hydrogen) atoms. The van der Waals surface area contributed by atoms with E-state index >= 15 is 0 Å². The maximum Gasteiger partial charge on any atom is 0.253 e. The second kappa shape index (κ2) is 10.5. The molecule has 0 atom stereocenters. The van der Waals surface area contributed by atoms with Crippen LogP contribution in [0.4, 0.5) is 5.82 Å². The van der Waals surface area contributed by atoms with Crippen LogP contribution < -0.4 is 4.90 Å². The molecule has 188 valence electrons. The summed E-state index contributed by atoms with van der Waals surface area (Å²) in [6, 6.07) is 17.7. The molecule has 2 saturated heterocycles. The number of piperidine rings is 1. The molecular weight excluding hydrogens is 498 g/mol. The quantitative estimate of drug-likeness (QED) is 0.501. The highest BCUT2D eigenvalue weighted by Crippen LogP contribution is 2.23. The number of amides is 1. The van der Waals surface area contributed by atoms with E-state index in [4.69, 9.17) is 11.6 Å². The third kappa shape index (κ3) is 5.23. The molecule has 10 heteroatoms. The molecular formula is C26H28ClN5O3S. The average Bonchev–Trinajstić information content (AvgIpc) is 2.94. The maximum atomic E-state index is 13.0. The van der Waals surface area contributed by atoms with Crippen LogP contribution in [0.2, 0.25) is 5.02 Å². The van der Waals surface area contributed by atoms with Gasteiger partial charge in [0.25, 0.3) is 5.91 Å². The molecule has 0 saturated carbocycles. The minimum absolute atomic E-state index is 0.0965. The average molecular weight is 526 g/mol. The summed E-state index contributed by atoms with van der Waals surface area (Å²) in [5, 5.41) is 9.40. The SMILES string of the molecule is O=C(c1ccc(S(=O)(=O)N2CCCCC2)cc1)N1CCN(c2ccc(-c3ccc(Cl)cc3)nn2)CC1. The van der Waals surface area contributed by atoms with Crippen LogP contribution in [0.15, 0.2) is 65.6 Å². The molecule has 0 N–H and O–H groups in total. The molecule has 5 rings (SSSR count). The van der Waals surface area contributed by atoms with Gasteiger partial charge >= 0.3 is 0 Å². The lowest BCUT2D eigenvalue weighted by Gasteiger charge is -2.35. The van der Waals surface area contributed by atoms with Gasteiger partial charge in [0.1, 0.15) is 0 Å². The standard InChI is InChI=1S/C26H28ClN5O3S/c27-22-8-4-20(5-9-22)24-12-13-25(29-28-24)30-16-18-31(19-17-30)26(33)21-6-10-23(11-7-21)36(34,35)32-14-2-1-3-15-32/h4-13H,1-3,14-19H2. The minimum Gasteiger partial charge on any atom is -0.352 e. The Hall–Kier alpha value is -3.01. The lowest BCUT2D eigenvalue weighted by atomic mass is 10.1. The summed E-state index contributed by atoms with van der Waals surface area (Å²) in [7, 11) is -3.51. The molecule has 1 amide bonds. The van der Waals surface area contributed by atoms with E-state index in [2.05, 4.69) is 15.1 Å². The lowest BCUT2D eigenvalue weighted by Crippen LogP contribution is -2.49. The third-order valence-electron chi connectivity index (χ3n) is 6.74. The van der Waals surface area contributed by atoms with E-state index < -0.39 is 10.0 Å². The summed E-state index contributed by atoms with van der Waals surface area (Å²) >= 11 is 5.96. The molecule has 2 aliphatic heterocycles. The van der Waals surface area contributed by atoms with Crippen molar-refractivity contribution in [2.45, 2.75) is 24.2 Å². The van der Waals surface area contributed by atoms with E-state index in [1.165, 1.54) is 4.31 Å². The van der Waals surface area contributed by atoms with Crippen LogP contribution >= 0.6 is 11.6 Å². The van der Waals surface area contributed by atoms with Gasteiger partial charge in [-0.05, 0) is 61.4 Å². The zero-order chi connectivity index (χ0) is 25.1. The first-order chi connectivity index (χ1) is 17.4. The van der Waals surface area contributed by atoms with Gasteiger partial charge in [-0.1, -0.05) is 30.2 Å². The Morgan fingerprint density at radius 1 is 0.750 bits per heavy atom. The molecule has 0 bridgehead atoms. The predicted octanol–water partition coefficient (Wildman–Crippen LogP) is 3.93. The second-order valence-corrected chi connectivity index (χ2v) is 11.4. The summed E-state index contributed by atoms with van der Waals surface area (Å²) in [5.74, 6) is 0.674. The van der Waals surface area contributed by atoms with E-state index in [0.29, 0.717) is 49.9 Å². The van der Waals surface area contributed by atoms with Crippen LogP contribution in [0.25, 0.3) is 11.3 Å². The number of carbonyl (C=O) groups excluding carboxylic acids is 1. The van der Waals surface area contributed by atoms with E-state index in [1.54, 1.807) is 29.2 Å². The van der Waals surface area contributed by atoms with Gasteiger partial charge in [0, 0.05) is 55.4 Å². The van der Waals surface area contributed by atoms with E-state index in [-0.39, 0.29) is 10.8 Å². The number of hydrogen-bond acceptors (Lipinski definition) is 6. The topological polar surface area (TPSA) is 86.7 Å². The molecule has 0 radical (unpaired) electrons. The number of sulfonamides is 1. The van der Waals surface area contributed by atoms with Crippen molar-refractivity contribution in [2.24, 2.45) is 0 Å². The van der Waals surface area contributed by atoms with Crippen molar-refractivity contribution < 1.29 is 13.2 Å². The van der Waals surface area contributed by atoms with Crippen molar-refractivity contribution in [2.75, 3.05) is 44.2 Å². The number of rotatable bonds is 5. The number of carbonyl (C=O) groups is 1. The van der Waals surface area contributed by atoms with E-state index in [0.717, 1.165) is 36.3 Å². The number of anilines is 1. The highest BCUT2D eigenvalue weighted by molar-refractivity contribution is 7.89. The smallest absolute Gasteiger partial charge is 0.253 e. The first-order valence-corrected chi connectivity index (χ1v) is 14.0. The summed E-state index contributed by atoms with van der Waals surface area (Å²) in [6.07, 6.45) is 2.84. The van der Waals surface area contributed by atoms with Crippen molar-refractivity contribution in [1.82, 2.24) is 19.4 Å². The Kier molecular flexibility index (Phi) is 7.22. The zero-order valence-electron chi connectivity index (χ0n) is 19.9. The highest BCUT2D eigenvalue weighted by atomic mass is 35.5. The maximum absolute atomic E-state index is 13.0. The van der Waals surface area contributed by atoms with Gasteiger partial charge in [-0.25, -0.2) is 8.42 Å². The molecule has 2 aliphatic rings. The molecule has 1 aromatic heterocycles. The number of benzene rings is 2.